The minimum Gasteiger partial charge on any atom is -0.224 e. The van der Waals surface area contributed by atoms with Crippen LogP contribution in [0.4, 0.5) is 0 Å². The highest BCUT2D eigenvalue weighted by Gasteiger charge is 2.05. The first kappa shape index (κ1) is 11.3. The van der Waals surface area contributed by atoms with Gasteiger partial charge < -0.3 is 0 Å². The quantitative estimate of drug-likeness (QED) is 0.803. The lowest BCUT2D eigenvalue weighted by molar-refractivity contribution is 0.868. The van der Waals surface area contributed by atoms with Crippen molar-refractivity contribution in [1.82, 2.24) is 9.97 Å². The van der Waals surface area contributed by atoms with Crippen LogP contribution in [0, 0.1) is 11.3 Å². The lowest BCUT2D eigenvalue weighted by Crippen LogP contribution is -1.98. The molecule has 0 fully saturated rings. The molecular formula is C14H13N3. The molecule has 0 N–H and O–H groups in total. The smallest absolute Gasteiger partial charge is 0.224 e. The number of hydrogen-bond donors (Lipinski definition) is 0. The molecule has 1 aromatic carbocycles. The van der Waals surface area contributed by atoms with Crippen molar-refractivity contribution in [3.8, 4) is 17.3 Å². The molecule has 0 saturated heterocycles. The Labute approximate surface area is 101 Å². The maximum atomic E-state index is 8.93. The number of nitriles is 1. The van der Waals surface area contributed by atoms with E-state index in [9.17, 15) is 0 Å². The van der Waals surface area contributed by atoms with Gasteiger partial charge in [-0.25, -0.2) is 9.97 Å². The van der Waals surface area contributed by atoms with E-state index in [1.165, 1.54) is 0 Å². The van der Waals surface area contributed by atoms with E-state index in [1.807, 2.05) is 42.5 Å². The minimum absolute atomic E-state index is 0.245. The fourth-order valence-corrected chi connectivity index (χ4v) is 1.69. The number of aromatic nitrogens is 2. The second-order valence-corrected chi connectivity index (χ2v) is 3.80. The van der Waals surface area contributed by atoms with Crippen molar-refractivity contribution in [2.75, 3.05) is 0 Å². The molecule has 0 amide bonds. The molecule has 2 rings (SSSR count). The van der Waals surface area contributed by atoms with E-state index in [1.54, 1.807) is 0 Å². The van der Waals surface area contributed by atoms with Crippen molar-refractivity contribution in [2.45, 2.75) is 19.8 Å². The van der Waals surface area contributed by atoms with E-state index in [-0.39, 0.29) is 5.82 Å². The molecule has 0 aliphatic carbocycles. The Hall–Kier alpha value is -2.21. The molecule has 3 heteroatoms. The van der Waals surface area contributed by atoms with Crippen molar-refractivity contribution in [1.29, 1.82) is 5.26 Å². The molecule has 0 saturated carbocycles. The fraction of sp³-hybridized carbons (Fsp3) is 0.214. The van der Waals surface area contributed by atoms with Gasteiger partial charge in [-0.05, 0) is 12.5 Å². The van der Waals surface area contributed by atoms with Crippen LogP contribution in [-0.4, -0.2) is 9.97 Å². The average molecular weight is 223 g/mol. The lowest BCUT2D eigenvalue weighted by Gasteiger charge is -2.04. The number of aryl methyl sites for hydroxylation is 1. The second kappa shape index (κ2) is 5.22. The second-order valence-electron chi connectivity index (χ2n) is 3.80. The first-order chi connectivity index (χ1) is 8.33. The summed E-state index contributed by atoms with van der Waals surface area (Å²) in [7, 11) is 0. The van der Waals surface area contributed by atoms with Gasteiger partial charge in [-0.2, -0.15) is 5.26 Å². The molecule has 0 bridgehead atoms. The summed E-state index contributed by atoms with van der Waals surface area (Å²) in [6.07, 6.45) is 1.88. The van der Waals surface area contributed by atoms with Crippen LogP contribution >= 0.6 is 0 Å². The Bertz CT molecular complexity index is 541. The van der Waals surface area contributed by atoms with E-state index in [4.69, 9.17) is 5.26 Å². The Morgan fingerprint density at radius 3 is 2.59 bits per heavy atom. The first-order valence-corrected chi connectivity index (χ1v) is 5.67. The van der Waals surface area contributed by atoms with Crippen molar-refractivity contribution in [3.05, 3.63) is 47.9 Å². The molecule has 1 heterocycles. The van der Waals surface area contributed by atoms with E-state index in [2.05, 4.69) is 16.9 Å². The number of rotatable bonds is 3. The maximum Gasteiger partial charge on any atom is 0.232 e. The summed E-state index contributed by atoms with van der Waals surface area (Å²) in [5.41, 5.74) is 2.77. The lowest BCUT2D eigenvalue weighted by atomic mass is 10.1. The van der Waals surface area contributed by atoms with Crippen LogP contribution in [0.1, 0.15) is 24.9 Å². The van der Waals surface area contributed by atoms with Crippen LogP contribution in [0.2, 0.25) is 0 Å². The molecule has 0 atom stereocenters. The van der Waals surface area contributed by atoms with Gasteiger partial charge in [0.05, 0.1) is 5.69 Å². The molecule has 2 aromatic rings. The standard InChI is InChI=1S/C14H13N3/c1-2-6-12-9-13(17-14(10-15)16-12)11-7-4-3-5-8-11/h3-5,7-9H,2,6H2,1H3. The molecular weight excluding hydrogens is 210 g/mol. The van der Waals surface area contributed by atoms with Crippen molar-refractivity contribution in [3.63, 3.8) is 0 Å². The molecule has 0 aliphatic rings. The number of benzene rings is 1. The zero-order valence-electron chi connectivity index (χ0n) is 9.72. The molecule has 0 aliphatic heterocycles. The van der Waals surface area contributed by atoms with Gasteiger partial charge in [-0.15, -0.1) is 0 Å². The molecule has 3 nitrogen and oxygen atoms in total. The third-order valence-corrected chi connectivity index (χ3v) is 2.45. The highest BCUT2D eigenvalue weighted by molar-refractivity contribution is 5.59. The van der Waals surface area contributed by atoms with Gasteiger partial charge in [-0.3, -0.25) is 0 Å². The summed E-state index contributed by atoms with van der Waals surface area (Å²) in [4.78, 5) is 8.43. The van der Waals surface area contributed by atoms with Crippen LogP contribution in [-0.2, 0) is 6.42 Å². The van der Waals surface area contributed by atoms with E-state index < -0.39 is 0 Å². The zero-order valence-corrected chi connectivity index (χ0v) is 9.72. The molecule has 17 heavy (non-hydrogen) atoms. The Morgan fingerprint density at radius 2 is 1.94 bits per heavy atom. The van der Waals surface area contributed by atoms with E-state index in [0.717, 1.165) is 29.8 Å². The number of nitrogens with zero attached hydrogens (tertiary/aromatic N) is 3. The van der Waals surface area contributed by atoms with Gasteiger partial charge in [0.25, 0.3) is 0 Å². The zero-order chi connectivity index (χ0) is 12.1. The van der Waals surface area contributed by atoms with Gasteiger partial charge in [0.2, 0.25) is 5.82 Å². The third-order valence-electron chi connectivity index (χ3n) is 2.45. The molecule has 0 unspecified atom stereocenters. The van der Waals surface area contributed by atoms with E-state index >= 15 is 0 Å². The Balaban J connectivity index is 2.47. The highest BCUT2D eigenvalue weighted by atomic mass is 14.9. The van der Waals surface area contributed by atoms with Crippen LogP contribution < -0.4 is 0 Å². The summed E-state index contributed by atoms with van der Waals surface area (Å²) in [6, 6.07) is 13.8. The first-order valence-electron chi connectivity index (χ1n) is 5.67. The van der Waals surface area contributed by atoms with Crippen LogP contribution in [0.25, 0.3) is 11.3 Å². The fourth-order valence-electron chi connectivity index (χ4n) is 1.69. The number of hydrogen-bond acceptors (Lipinski definition) is 3. The van der Waals surface area contributed by atoms with Crippen molar-refractivity contribution < 1.29 is 0 Å². The summed E-state index contributed by atoms with van der Waals surface area (Å²) >= 11 is 0. The summed E-state index contributed by atoms with van der Waals surface area (Å²) in [6.45, 7) is 2.09. The summed E-state index contributed by atoms with van der Waals surface area (Å²) in [5.74, 6) is 0.245. The predicted molar refractivity (Wildman–Crippen MR) is 66.2 cm³/mol. The minimum atomic E-state index is 0.245. The Kier molecular flexibility index (Phi) is 3.46. The molecule has 1 aromatic heterocycles. The Morgan fingerprint density at radius 1 is 1.18 bits per heavy atom. The third kappa shape index (κ3) is 2.67. The van der Waals surface area contributed by atoms with Crippen LogP contribution in [0.15, 0.2) is 36.4 Å². The van der Waals surface area contributed by atoms with Gasteiger partial charge in [-0.1, -0.05) is 43.7 Å². The summed E-state index contributed by atoms with van der Waals surface area (Å²) < 4.78 is 0. The monoisotopic (exact) mass is 223 g/mol. The van der Waals surface area contributed by atoms with Gasteiger partial charge in [0.1, 0.15) is 6.07 Å². The highest BCUT2D eigenvalue weighted by Crippen LogP contribution is 2.17. The topological polar surface area (TPSA) is 49.6 Å². The van der Waals surface area contributed by atoms with Crippen LogP contribution in [0.5, 0.6) is 0 Å². The largest absolute Gasteiger partial charge is 0.232 e. The van der Waals surface area contributed by atoms with Crippen molar-refractivity contribution >= 4 is 0 Å². The maximum absolute atomic E-state index is 8.93. The van der Waals surface area contributed by atoms with Gasteiger partial charge in [0.15, 0.2) is 0 Å². The van der Waals surface area contributed by atoms with Gasteiger partial charge in [0, 0.05) is 11.3 Å². The van der Waals surface area contributed by atoms with E-state index in [0.29, 0.717) is 0 Å². The molecule has 0 spiro atoms. The van der Waals surface area contributed by atoms with Crippen molar-refractivity contribution in [2.24, 2.45) is 0 Å². The average Bonchev–Trinajstić information content (AvgIpc) is 2.40. The molecule has 0 radical (unpaired) electrons. The van der Waals surface area contributed by atoms with Gasteiger partial charge >= 0.3 is 0 Å². The predicted octanol–water partition coefficient (Wildman–Crippen LogP) is 2.97. The normalized spacial score (nSPS) is 9.88. The molecule has 84 valence electrons. The summed E-state index contributed by atoms with van der Waals surface area (Å²) in [5, 5.41) is 8.93. The SMILES string of the molecule is CCCc1cc(-c2ccccc2)nc(C#N)n1. The van der Waals surface area contributed by atoms with Crippen LogP contribution in [0.3, 0.4) is 0 Å².